The Bertz CT molecular complexity index is 632. The molecule has 0 spiro atoms. The molecule has 2 rings (SSSR count). The maximum absolute atomic E-state index is 12.1. The zero-order valence-corrected chi connectivity index (χ0v) is 17.1. The number of hydrogen-bond donors (Lipinski definition) is 0. The fourth-order valence-electron chi connectivity index (χ4n) is 3.31. The molecule has 0 heterocycles. The van der Waals surface area contributed by atoms with Crippen molar-refractivity contribution in [3.05, 3.63) is 33.3 Å². The van der Waals surface area contributed by atoms with Crippen LogP contribution in [0.4, 0.5) is 0 Å². The van der Waals surface area contributed by atoms with Crippen molar-refractivity contribution in [2.75, 3.05) is 6.61 Å². The third-order valence-corrected chi connectivity index (χ3v) is 5.54. The van der Waals surface area contributed by atoms with Crippen LogP contribution < -0.4 is 0 Å². The molecule has 6 heteroatoms. The molecule has 1 aromatic rings. The van der Waals surface area contributed by atoms with Crippen molar-refractivity contribution in [3.8, 4) is 0 Å². The SMILES string of the molecule is CC(C)[C@@H]1CC[C@@H](C)C[C@H]1OC(=O)COC(=O)c1cc(Br)ccc1Cl. The van der Waals surface area contributed by atoms with Crippen LogP contribution in [0.25, 0.3) is 0 Å². The van der Waals surface area contributed by atoms with Crippen LogP contribution in [0.3, 0.4) is 0 Å². The van der Waals surface area contributed by atoms with Crippen LogP contribution >= 0.6 is 27.5 Å². The van der Waals surface area contributed by atoms with Crippen molar-refractivity contribution in [1.29, 1.82) is 0 Å². The van der Waals surface area contributed by atoms with Crippen LogP contribution in [-0.2, 0) is 14.3 Å². The summed E-state index contributed by atoms with van der Waals surface area (Å²) in [7, 11) is 0. The Hall–Kier alpha value is -1.07. The lowest BCUT2D eigenvalue weighted by atomic mass is 9.75. The number of hydrogen-bond acceptors (Lipinski definition) is 4. The Balaban J connectivity index is 1.91. The molecule has 0 bridgehead atoms. The van der Waals surface area contributed by atoms with Crippen molar-refractivity contribution >= 4 is 39.5 Å². The maximum atomic E-state index is 12.1. The van der Waals surface area contributed by atoms with Crippen LogP contribution in [0.15, 0.2) is 22.7 Å². The molecule has 0 saturated heterocycles. The van der Waals surface area contributed by atoms with Crippen LogP contribution in [-0.4, -0.2) is 24.6 Å². The van der Waals surface area contributed by atoms with Crippen molar-refractivity contribution in [3.63, 3.8) is 0 Å². The van der Waals surface area contributed by atoms with Crippen LogP contribution in [0, 0.1) is 17.8 Å². The molecule has 0 N–H and O–H groups in total. The van der Waals surface area contributed by atoms with E-state index < -0.39 is 18.5 Å². The van der Waals surface area contributed by atoms with E-state index in [1.165, 1.54) is 0 Å². The average Bonchev–Trinajstić information content (AvgIpc) is 2.54. The first kappa shape index (κ1) is 20.2. The number of esters is 2. The number of carbonyl (C=O) groups excluding carboxylic acids is 2. The summed E-state index contributed by atoms with van der Waals surface area (Å²) in [6, 6.07) is 4.88. The highest BCUT2D eigenvalue weighted by atomic mass is 79.9. The highest BCUT2D eigenvalue weighted by Crippen LogP contribution is 2.35. The molecule has 4 nitrogen and oxygen atoms in total. The Morgan fingerprint density at radius 1 is 1.32 bits per heavy atom. The molecule has 1 aromatic carbocycles. The quantitative estimate of drug-likeness (QED) is 0.596. The van der Waals surface area contributed by atoms with Crippen LogP contribution in [0.2, 0.25) is 5.02 Å². The van der Waals surface area contributed by atoms with E-state index in [-0.39, 0.29) is 16.7 Å². The number of halogens is 2. The van der Waals surface area contributed by atoms with Gasteiger partial charge in [0.25, 0.3) is 0 Å². The molecule has 0 aromatic heterocycles. The normalized spacial score (nSPS) is 23.4. The van der Waals surface area contributed by atoms with Gasteiger partial charge in [0.1, 0.15) is 6.10 Å². The minimum atomic E-state index is -0.638. The Kier molecular flexibility index (Phi) is 7.32. The average molecular weight is 432 g/mol. The fourth-order valence-corrected chi connectivity index (χ4v) is 3.87. The first-order valence-electron chi connectivity index (χ1n) is 8.59. The molecule has 138 valence electrons. The Morgan fingerprint density at radius 2 is 2.04 bits per heavy atom. The summed E-state index contributed by atoms with van der Waals surface area (Å²) in [5.74, 6) is 0.199. The fraction of sp³-hybridized carbons (Fsp3) is 0.579. The van der Waals surface area contributed by atoms with E-state index in [2.05, 4.69) is 36.7 Å². The molecular formula is C19H24BrClO4. The molecular weight excluding hydrogens is 408 g/mol. The summed E-state index contributed by atoms with van der Waals surface area (Å²) in [5.41, 5.74) is 0.218. The molecule has 0 unspecified atom stereocenters. The Labute approximate surface area is 162 Å². The number of ether oxygens (including phenoxy) is 2. The maximum Gasteiger partial charge on any atom is 0.344 e. The zero-order valence-electron chi connectivity index (χ0n) is 14.8. The Morgan fingerprint density at radius 3 is 2.72 bits per heavy atom. The van der Waals surface area contributed by atoms with Crippen LogP contribution in [0.5, 0.6) is 0 Å². The predicted octanol–water partition coefficient (Wildman–Crippen LogP) is 5.26. The second kappa shape index (κ2) is 9.04. The minimum Gasteiger partial charge on any atom is -0.460 e. The smallest absolute Gasteiger partial charge is 0.344 e. The lowest BCUT2D eigenvalue weighted by Gasteiger charge is -2.36. The number of carbonyl (C=O) groups is 2. The highest BCUT2D eigenvalue weighted by Gasteiger charge is 2.33. The summed E-state index contributed by atoms with van der Waals surface area (Å²) in [6.45, 7) is 6.07. The summed E-state index contributed by atoms with van der Waals surface area (Å²) in [4.78, 5) is 24.2. The third-order valence-electron chi connectivity index (χ3n) is 4.71. The molecule has 1 saturated carbocycles. The molecule has 1 aliphatic rings. The summed E-state index contributed by atoms with van der Waals surface area (Å²) < 4.78 is 11.4. The lowest BCUT2D eigenvalue weighted by molar-refractivity contribution is -0.159. The first-order valence-corrected chi connectivity index (χ1v) is 9.76. The summed E-state index contributed by atoms with van der Waals surface area (Å²) in [6.07, 6.45) is 2.97. The van der Waals surface area contributed by atoms with E-state index in [1.54, 1.807) is 18.2 Å². The van der Waals surface area contributed by atoms with Gasteiger partial charge < -0.3 is 9.47 Å². The van der Waals surface area contributed by atoms with E-state index in [9.17, 15) is 9.59 Å². The van der Waals surface area contributed by atoms with Gasteiger partial charge >= 0.3 is 11.9 Å². The van der Waals surface area contributed by atoms with Gasteiger partial charge in [-0.2, -0.15) is 0 Å². The van der Waals surface area contributed by atoms with E-state index in [0.717, 1.165) is 19.3 Å². The molecule has 0 radical (unpaired) electrons. The van der Waals surface area contributed by atoms with E-state index >= 15 is 0 Å². The topological polar surface area (TPSA) is 52.6 Å². The second-order valence-corrected chi connectivity index (χ2v) is 8.38. The van der Waals surface area contributed by atoms with E-state index in [1.807, 2.05) is 0 Å². The van der Waals surface area contributed by atoms with Crippen LogP contribution in [0.1, 0.15) is 50.4 Å². The molecule has 25 heavy (non-hydrogen) atoms. The molecule has 0 amide bonds. The van der Waals surface area contributed by atoms with Gasteiger partial charge in [0.05, 0.1) is 10.6 Å². The lowest BCUT2D eigenvalue weighted by Crippen LogP contribution is -2.36. The first-order chi connectivity index (χ1) is 11.8. The summed E-state index contributed by atoms with van der Waals surface area (Å²) >= 11 is 9.27. The van der Waals surface area contributed by atoms with Gasteiger partial charge in [-0.1, -0.05) is 54.7 Å². The predicted molar refractivity (Wildman–Crippen MR) is 101 cm³/mol. The second-order valence-electron chi connectivity index (χ2n) is 7.05. The molecule has 0 aliphatic heterocycles. The van der Waals surface area contributed by atoms with Crippen molar-refractivity contribution < 1.29 is 19.1 Å². The van der Waals surface area contributed by atoms with Gasteiger partial charge in [-0.05, 0) is 48.8 Å². The standard InChI is InChI=1S/C19H24BrClO4/c1-11(2)14-6-4-12(3)8-17(14)25-18(22)10-24-19(23)15-9-13(20)5-7-16(15)21/h5,7,9,11-12,14,17H,4,6,8,10H2,1-3H3/t12-,14+,17-/m1/s1. The summed E-state index contributed by atoms with van der Waals surface area (Å²) in [5, 5.41) is 0.280. The van der Waals surface area contributed by atoms with Gasteiger partial charge in [0.15, 0.2) is 6.61 Å². The number of benzene rings is 1. The zero-order chi connectivity index (χ0) is 18.6. The minimum absolute atomic E-state index is 0.107. The van der Waals surface area contributed by atoms with E-state index in [4.69, 9.17) is 21.1 Å². The molecule has 1 fully saturated rings. The van der Waals surface area contributed by atoms with Crippen molar-refractivity contribution in [1.82, 2.24) is 0 Å². The van der Waals surface area contributed by atoms with Gasteiger partial charge in [0, 0.05) is 4.47 Å². The van der Waals surface area contributed by atoms with Gasteiger partial charge in [0.2, 0.25) is 0 Å². The van der Waals surface area contributed by atoms with E-state index in [0.29, 0.717) is 22.2 Å². The monoisotopic (exact) mass is 430 g/mol. The highest BCUT2D eigenvalue weighted by molar-refractivity contribution is 9.10. The van der Waals surface area contributed by atoms with Gasteiger partial charge in [-0.15, -0.1) is 0 Å². The van der Waals surface area contributed by atoms with Gasteiger partial charge in [-0.3, -0.25) is 0 Å². The largest absolute Gasteiger partial charge is 0.460 e. The molecule has 3 atom stereocenters. The van der Waals surface area contributed by atoms with Crippen molar-refractivity contribution in [2.45, 2.75) is 46.1 Å². The van der Waals surface area contributed by atoms with Gasteiger partial charge in [-0.25, -0.2) is 9.59 Å². The number of rotatable bonds is 5. The molecule has 1 aliphatic carbocycles. The third kappa shape index (κ3) is 5.71. The van der Waals surface area contributed by atoms with Crippen molar-refractivity contribution in [2.24, 2.45) is 17.8 Å².